The van der Waals surface area contributed by atoms with Crippen molar-refractivity contribution >= 4 is 12.1 Å². The van der Waals surface area contributed by atoms with Crippen molar-refractivity contribution in [3.8, 4) is 0 Å². The molecule has 1 aromatic carbocycles. The third-order valence-electron chi connectivity index (χ3n) is 2.38. The van der Waals surface area contributed by atoms with E-state index < -0.39 is 23.8 Å². The molecule has 1 unspecified atom stereocenters. The lowest BCUT2D eigenvalue weighted by atomic mass is 10.1. The van der Waals surface area contributed by atoms with Gasteiger partial charge in [-0.1, -0.05) is 12.1 Å². The minimum atomic E-state index is -1.03. The molecule has 0 aromatic heterocycles. The molecule has 0 heterocycles. The van der Waals surface area contributed by atoms with Gasteiger partial charge in [-0.2, -0.15) is 0 Å². The first-order valence-electron chi connectivity index (χ1n) is 6.17. The molecule has 0 spiro atoms. The van der Waals surface area contributed by atoms with Crippen molar-refractivity contribution in [3.05, 3.63) is 35.4 Å². The molecule has 3 N–H and O–H groups in total. The van der Waals surface area contributed by atoms with E-state index in [4.69, 9.17) is 9.84 Å². The molecular formula is C14H19NO5. The Morgan fingerprint density at radius 1 is 1.25 bits per heavy atom. The Kier molecular flexibility index (Phi) is 5.10. The highest BCUT2D eigenvalue weighted by Crippen LogP contribution is 2.13. The number of alkyl carbamates (subject to hydrolysis) is 1. The number of benzene rings is 1. The van der Waals surface area contributed by atoms with Gasteiger partial charge in [-0.3, -0.25) is 0 Å². The van der Waals surface area contributed by atoms with Gasteiger partial charge < -0.3 is 20.3 Å². The number of carbonyl (C=O) groups excluding carboxylic acids is 1. The first-order valence-corrected chi connectivity index (χ1v) is 6.17. The monoisotopic (exact) mass is 281 g/mol. The Labute approximate surface area is 117 Å². The molecule has 1 atom stereocenters. The number of amides is 1. The van der Waals surface area contributed by atoms with Gasteiger partial charge in [0.1, 0.15) is 5.60 Å². The lowest BCUT2D eigenvalue weighted by Crippen LogP contribution is -2.34. The molecule has 20 heavy (non-hydrogen) atoms. The molecule has 6 nitrogen and oxygen atoms in total. The number of aromatic carboxylic acids is 1. The van der Waals surface area contributed by atoms with Crippen molar-refractivity contribution in [2.75, 3.05) is 6.54 Å². The molecule has 1 aromatic rings. The van der Waals surface area contributed by atoms with Crippen molar-refractivity contribution in [2.45, 2.75) is 32.5 Å². The number of hydrogen-bond donors (Lipinski definition) is 3. The fourth-order valence-corrected chi connectivity index (χ4v) is 1.46. The minimum Gasteiger partial charge on any atom is -0.478 e. The van der Waals surface area contributed by atoms with Crippen LogP contribution in [0.3, 0.4) is 0 Å². The van der Waals surface area contributed by atoms with E-state index in [0.717, 1.165) is 0 Å². The van der Waals surface area contributed by atoms with E-state index in [1.165, 1.54) is 24.3 Å². The zero-order valence-corrected chi connectivity index (χ0v) is 11.7. The lowest BCUT2D eigenvalue weighted by molar-refractivity contribution is 0.0491. The number of rotatable bonds is 4. The number of carboxylic acid groups (broad SMARTS) is 1. The molecule has 0 aliphatic heterocycles. The number of hydrogen-bond acceptors (Lipinski definition) is 4. The molecule has 6 heteroatoms. The molecule has 0 saturated carbocycles. The number of carboxylic acids is 1. The second-order valence-electron chi connectivity index (χ2n) is 5.33. The number of nitrogens with one attached hydrogen (secondary N) is 1. The van der Waals surface area contributed by atoms with Crippen molar-refractivity contribution in [3.63, 3.8) is 0 Å². The summed E-state index contributed by atoms with van der Waals surface area (Å²) in [5.74, 6) is -1.03. The largest absolute Gasteiger partial charge is 0.478 e. The summed E-state index contributed by atoms with van der Waals surface area (Å²) in [5.41, 5.74) is 0.0603. The zero-order chi connectivity index (χ0) is 15.3. The molecule has 0 bridgehead atoms. The van der Waals surface area contributed by atoms with E-state index in [-0.39, 0.29) is 12.1 Å². The van der Waals surface area contributed by atoms with Gasteiger partial charge >= 0.3 is 12.1 Å². The smallest absolute Gasteiger partial charge is 0.407 e. The standard InChI is InChI=1S/C14H19NO5/c1-14(2,3)20-13(19)15-8-11(16)9-4-6-10(7-5-9)12(17)18/h4-7,11,16H,8H2,1-3H3,(H,15,19)(H,17,18). The summed E-state index contributed by atoms with van der Waals surface area (Å²) in [4.78, 5) is 22.1. The predicted molar refractivity (Wildman–Crippen MR) is 72.6 cm³/mol. The van der Waals surface area contributed by atoms with E-state index in [0.29, 0.717) is 5.56 Å². The highest BCUT2D eigenvalue weighted by molar-refractivity contribution is 5.87. The van der Waals surface area contributed by atoms with Crippen molar-refractivity contribution in [2.24, 2.45) is 0 Å². The molecule has 1 amide bonds. The lowest BCUT2D eigenvalue weighted by Gasteiger charge is -2.20. The second kappa shape index (κ2) is 6.38. The molecule has 110 valence electrons. The second-order valence-corrected chi connectivity index (χ2v) is 5.33. The third kappa shape index (κ3) is 5.27. The van der Waals surface area contributed by atoms with Gasteiger partial charge in [-0.15, -0.1) is 0 Å². The fraction of sp³-hybridized carbons (Fsp3) is 0.429. The number of carbonyl (C=O) groups is 2. The third-order valence-corrected chi connectivity index (χ3v) is 2.38. The van der Waals surface area contributed by atoms with Crippen LogP contribution in [0, 0.1) is 0 Å². The molecule has 1 rings (SSSR count). The molecule has 0 radical (unpaired) electrons. The van der Waals surface area contributed by atoms with Gasteiger partial charge in [0.2, 0.25) is 0 Å². The van der Waals surface area contributed by atoms with E-state index >= 15 is 0 Å². The summed E-state index contributed by atoms with van der Waals surface area (Å²) >= 11 is 0. The van der Waals surface area contributed by atoms with Crippen LogP contribution in [-0.2, 0) is 4.74 Å². The van der Waals surface area contributed by atoms with Gasteiger partial charge in [-0.05, 0) is 38.5 Å². The van der Waals surface area contributed by atoms with E-state index in [9.17, 15) is 14.7 Å². The van der Waals surface area contributed by atoms with Gasteiger partial charge in [0, 0.05) is 0 Å². The van der Waals surface area contributed by atoms with Crippen LogP contribution in [0.5, 0.6) is 0 Å². The van der Waals surface area contributed by atoms with E-state index in [1.807, 2.05) is 0 Å². The predicted octanol–water partition coefficient (Wildman–Crippen LogP) is 1.94. The summed E-state index contributed by atoms with van der Waals surface area (Å²) in [7, 11) is 0. The average Bonchev–Trinajstić information content (AvgIpc) is 2.34. The number of aliphatic hydroxyl groups excluding tert-OH is 1. The fourth-order valence-electron chi connectivity index (χ4n) is 1.46. The molecule has 0 aliphatic carbocycles. The van der Waals surface area contributed by atoms with Crippen LogP contribution >= 0.6 is 0 Å². The zero-order valence-electron chi connectivity index (χ0n) is 11.7. The van der Waals surface area contributed by atoms with E-state index in [2.05, 4.69) is 5.32 Å². The topological polar surface area (TPSA) is 95.9 Å². The molecule has 0 aliphatic rings. The Morgan fingerprint density at radius 2 is 1.80 bits per heavy atom. The van der Waals surface area contributed by atoms with Crippen molar-refractivity contribution in [1.82, 2.24) is 5.32 Å². The molecule has 0 saturated heterocycles. The number of ether oxygens (including phenoxy) is 1. The highest BCUT2D eigenvalue weighted by atomic mass is 16.6. The molecular weight excluding hydrogens is 262 g/mol. The van der Waals surface area contributed by atoms with Crippen LogP contribution < -0.4 is 5.32 Å². The van der Waals surface area contributed by atoms with Crippen LogP contribution in [0.2, 0.25) is 0 Å². The first kappa shape index (κ1) is 16.0. The van der Waals surface area contributed by atoms with Crippen LogP contribution in [0.1, 0.15) is 42.8 Å². The SMILES string of the molecule is CC(C)(C)OC(=O)NCC(O)c1ccc(C(=O)O)cc1. The summed E-state index contributed by atoms with van der Waals surface area (Å²) in [6.45, 7) is 5.22. The minimum absolute atomic E-state index is 0.0126. The average molecular weight is 281 g/mol. The summed E-state index contributed by atoms with van der Waals surface area (Å²) in [6, 6.07) is 5.80. The maximum Gasteiger partial charge on any atom is 0.407 e. The van der Waals surface area contributed by atoms with Crippen LogP contribution in [0.15, 0.2) is 24.3 Å². The van der Waals surface area contributed by atoms with Gasteiger partial charge in [-0.25, -0.2) is 9.59 Å². The summed E-state index contributed by atoms with van der Waals surface area (Å²) < 4.78 is 5.04. The summed E-state index contributed by atoms with van der Waals surface area (Å²) in [5, 5.41) is 21.1. The quantitative estimate of drug-likeness (QED) is 0.783. The van der Waals surface area contributed by atoms with Crippen molar-refractivity contribution in [1.29, 1.82) is 0 Å². The van der Waals surface area contributed by atoms with Gasteiger partial charge in [0.05, 0.1) is 18.2 Å². The maximum atomic E-state index is 11.4. The van der Waals surface area contributed by atoms with Crippen LogP contribution in [-0.4, -0.2) is 34.4 Å². The van der Waals surface area contributed by atoms with Gasteiger partial charge in [0.15, 0.2) is 0 Å². The Hall–Kier alpha value is -2.08. The first-order chi connectivity index (χ1) is 9.19. The maximum absolute atomic E-state index is 11.4. The van der Waals surface area contributed by atoms with Crippen LogP contribution in [0.25, 0.3) is 0 Å². The number of aliphatic hydroxyl groups is 1. The molecule has 0 fully saturated rings. The van der Waals surface area contributed by atoms with E-state index in [1.54, 1.807) is 20.8 Å². The Morgan fingerprint density at radius 3 is 2.25 bits per heavy atom. The highest BCUT2D eigenvalue weighted by Gasteiger charge is 2.17. The Bertz CT molecular complexity index is 475. The Balaban J connectivity index is 2.52. The van der Waals surface area contributed by atoms with Gasteiger partial charge in [0.25, 0.3) is 0 Å². The van der Waals surface area contributed by atoms with Crippen molar-refractivity contribution < 1.29 is 24.5 Å². The normalized spacial score (nSPS) is 12.6. The summed E-state index contributed by atoms with van der Waals surface area (Å²) in [6.07, 6.45) is -1.54. The van der Waals surface area contributed by atoms with Crippen LogP contribution in [0.4, 0.5) is 4.79 Å².